The number of esters is 1. The summed E-state index contributed by atoms with van der Waals surface area (Å²) in [5.41, 5.74) is 2.17. The first-order valence-corrected chi connectivity index (χ1v) is 6.61. The maximum absolute atomic E-state index is 12.1. The largest absolute Gasteiger partial charge is 0.497 e. The molecule has 2 aromatic rings. The predicted octanol–water partition coefficient (Wildman–Crippen LogP) is 2.78. The fourth-order valence-electron chi connectivity index (χ4n) is 2.21. The van der Waals surface area contributed by atoms with E-state index in [1.807, 2.05) is 0 Å². The highest BCUT2D eigenvalue weighted by molar-refractivity contribution is 5.92. The summed E-state index contributed by atoms with van der Waals surface area (Å²) in [4.78, 5) is 23.4. The van der Waals surface area contributed by atoms with Gasteiger partial charge >= 0.3 is 5.97 Å². The lowest BCUT2D eigenvalue weighted by Gasteiger charge is -2.11. The quantitative estimate of drug-likeness (QED) is 0.627. The number of aldehydes is 1. The summed E-state index contributed by atoms with van der Waals surface area (Å²) in [5, 5.41) is 0. The molecule has 5 nitrogen and oxygen atoms in total. The summed E-state index contributed by atoms with van der Waals surface area (Å²) in [6, 6.07) is 8.79. The number of rotatable bonds is 5. The second kappa shape index (κ2) is 6.26. The maximum Gasteiger partial charge on any atom is 0.355 e. The smallest absolute Gasteiger partial charge is 0.355 e. The van der Waals surface area contributed by atoms with Gasteiger partial charge in [0, 0.05) is 5.69 Å². The first-order chi connectivity index (χ1) is 10.1. The summed E-state index contributed by atoms with van der Waals surface area (Å²) >= 11 is 0. The van der Waals surface area contributed by atoms with E-state index < -0.39 is 5.97 Å². The normalized spacial score (nSPS) is 10.2. The highest BCUT2D eigenvalue weighted by Crippen LogP contribution is 2.23. The van der Waals surface area contributed by atoms with Crippen molar-refractivity contribution in [3.63, 3.8) is 0 Å². The number of benzene rings is 1. The van der Waals surface area contributed by atoms with Gasteiger partial charge in [-0.05, 0) is 49.7 Å². The van der Waals surface area contributed by atoms with E-state index >= 15 is 0 Å². The molecule has 1 heterocycles. The lowest BCUT2D eigenvalue weighted by Crippen LogP contribution is -2.13. The number of carbonyl (C=O) groups is 2. The first-order valence-electron chi connectivity index (χ1n) is 6.61. The van der Waals surface area contributed by atoms with Gasteiger partial charge in [-0.3, -0.25) is 4.79 Å². The molecule has 2 rings (SSSR count). The Hall–Kier alpha value is -2.56. The van der Waals surface area contributed by atoms with Gasteiger partial charge in [0.05, 0.1) is 19.4 Å². The van der Waals surface area contributed by atoms with Crippen molar-refractivity contribution in [3.8, 4) is 11.4 Å². The van der Waals surface area contributed by atoms with Gasteiger partial charge in [-0.2, -0.15) is 0 Å². The van der Waals surface area contributed by atoms with Gasteiger partial charge in [0.1, 0.15) is 11.4 Å². The number of nitrogens with zero attached hydrogens (tertiary/aromatic N) is 1. The van der Waals surface area contributed by atoms with Crippen molar-refractivity contribution in [2.24, 2.45) is 0 Å². The molecule has 0 saturated heterocycles. The van der Waals surface area contributed by atoms with Crippen molar-refractivity contribution in [2.45, 2.75) is 13.8 Å². The predicted molar refractivity (Wildman–Crippen MR) is 78.4 cm³/mol. The van der Waals surface area contributed by atoms with Gasteiger partial charge in [-0.15, -0.1) is 0 Å². The number of hydrogen-bond acceptors (Lipinski definition) is 4. The number of aryl methyl sites for hydroxylation is 1. The van der Waals surface area contributed by atoms with Crippen molar-refractivity contribution in [1.29, 1.82) is 0 Å². The minimum Gasteiger partial charge on any atom is -0.497 e. The zero-order valence-electron chi connectivity index (χ0n) is 12.3. The van der Waals surface area contributed by atoms with Crippen LogP contribution in [0.4, 0.5) is 0 Å². The third kappa shape index (κ3) is 2.81. The van der Waals surface area contributed by atoms with Gasteiger partial charge in [0.25, 0.3) is 0 Å². The lowest BCUT2D eigenvalue weighted by molar-refractivity contribution is 0.0516. The average Bonchev–Trinajstić information content (AvgIpc) is 2.84. The second-order valence-corrected chi connectivity index (χ2v) is 4.47. The van der Waals surface area contributed by atoms with Crippen LogP contribution in [0.5, 0.6) is 5.75 Å². The van der Waals surface area contributed by atoms with Crippen LogP contribution in [0.25, 0.3) is 5.69 Å². The van der Waals surface area contributed by atoms with E-state index in [4.69, 9.17) is 9.47 Å². The van der Waals surface area contributed by atoms with Crippen LogP contribution in [0.3, 0.4) is 0 Å². The molecule has 1 aromatic carbocycles. The lowest BCUT2D eigenvalue weighted by atomic mass is 10.2. The first kappa shape index (κ1) is 14.8. The van der Waals surface area contributed by atoms with Crippen molar-refractivity contribution in [3.05, 3.63) is 47.3 Å². The van der Waals surface area contributed by atoms with E-state index in [1.54, 1.807) is 55.9 Å². The number of carbonyl (C=O) groups excluding carboxylic acids is 2. The van der Waals surface area contributed by atoms with E-state index in [0.717, 1.165) is 6.29 Å². The van der Waals surface area contributed by atoms with Gasteiger partial charge in [-0.25, -0.2) is 4.79 Å². The molecular weight excluding hydrogens is 270 g/mol. The van der Waals surface area contributed by atoms with Crippen LogP contribution in [0.15, 0.2) is 30.3 Å². The zero-order chi connectivity index (χ0) is 15.4. The SMILES string of the molecule is CCOC(=O)c1c(C)cc(C=O)n1-c1ccc(OC)cc1. The monoisotopic (exact) mass is 287 g/mol. The highest BCUT2D eigenvalue weighted by Gasteiger charge is 2.21. The molecule has 5 heteroatoms. The Bertz CT molecular complexity index is 656. The van der Waals surface area contributed by atoms with E-state index in [2.05, 4.69) is 0 Å². The molecule has 0 spiro atoms. The summed E-state index contributed by atoms with van der Waals surface area (Å²) in [6.45, 7) is 3.80. The molecule has 0 bridgehead atoms. The Morgan fingerprint density at radius 1 is 1.29 bits per heavy atom. The molecule has 0 aliphatic rings. The van der Waals surface area contributed by atoms with E-state index in [1.165, 1.54) is 0 Å². The highest BCUT2D eigenvalue weighted by atomic mass is 16.5. The maximum atomic E-state index is 12.1. The van der Waals surface area contributed by atoms with Crippen LogP contribution in [-0.4, -0.2) is 30.5 Å². The van der Waals surface area contributed by atoms with Crippen molar-refractivity contribution in [1.82, 2.24) is 4.57 Å². The Morgan fingerprint density at radius 2 is 1.95 bits per heavy atom. The Balaban J connectivity index is 2.58. The molecular formula is C16H17NO4. The number of methoxy groups -OCH3 is 1. The van der Waals surface area contributed by atoms with Crippen LogP contribution in [0.2, 0.25) is 0 Å². The average molecular weight is 287 g/mol. The molecule has 0 amide bonds. The van der Waals surface area contributed by atoms with E-state index in [0.29, 0.717) is 28.4 Å². The molecule has 0 radical (unpaired) electrons. The topological polar surface area (TPSA) is 57.5 Å². The van der Waals surface area contributed by atoms with E-state index in [-0.39, 0.29) is 6.61 Å². The zero-order valence-corrected chi connectivity index (χ0v) is 12.3. The Kier molecular flexibility index (Phi) is 4.42. The summed E-state index contributed by atoms with van der Waals surface area (Å²) < 4.78 is 11.8. The van der Waals surface area contributed by atoms with Crippen LogP contribution < -0.4 is 4.74 Å². The Labute approximate surface area is 123 Å². The number of aromatic nitrogens is 1. The van der Waals surface area contributed by atoms with Crippen LogP contribution >= 0.6 is 0 Å². The summed E-state index contributed by atoms with van der Waals surface area (Å²) in [5.74, 6) is 0.256. The third-order valence-corrected chi connectivity index (χ3v) is 3.14. The van der Waals surface area contributed by atoms with Crippen LogP contribution in [0, 0.1) is 6.92 Å². The fourth-order valence-corrected chi connectivity index (χ4v) is 2.21. The second-order valence-electron chi connectivity index (χ2n) is 4.47. The molecule has 0 unspecified atom stereocenters. The minimum absolute atomic E-state index is 0.280. The van der Waals surface area contributed by atoms with Crippen molar-refractivity contribution in [2.75, 3.05) is 13.7 Å². The van der Waals surface area contributed by atoms with E-state index in [9.17, 15) is 9.59 Å². The van der Waals surface area contributed by atoms with Gasteiger partial charge in [0.15, 0.2) is 6.29 Å². The molecule has 1 aromatic heterocycles. The third-order valence-electron chi connectivity index (χ3n) is 3.14. The molecule has 0 N–H and O–H groups in total. The number of hydrogen-bond donors (Lipinski definition) is 0. The standard InChI is InChI=1S/C16H17NO4/c1-4-21-16(19)15-11(2)9-13(10-18)17(15)12-5-7-14(20-3)8-6-12/h5-10H,4H2,1-3H3. The Morgan fingerprint density at radius 3 is 2.48 bits per heavy atom. The van der Waals surface area contributed by atoms with Crippen molar-refractivity contribution < 1.29 is 19.1 Å². The van der Waals surface area contributed by atoms with Crippen LogP contribution in [0.1, 0.15) is 33.5 Å². The molecule has 0 aliphatic heterocycles. The molecule has 0 atom stereocenters. The molecule has 0 fully saturated rings. The van der Waals surface area contributed by atoms with Gasteiger partial charge in [0.2, 0.25) is 0 Å². The minimum atomic E-state index is -0.445. The summed E-state index contributed by atoms with van der Waals surface area (Å²) in [7, 11) is 1.58. The van der Waals surface area contributed by atoms with Gasteiger partial charge in [-0.1, -0.05) is 0 Å². The van der Waals surface area contributed by atoms with Crippen molar-refractivity contribution >= 4 is 12.3 Å². The molecule has 0 saturated carbocycles. The molecule has 0 aliphatic carbocycles. The van der Waals surface area contributed by atoms with Crippen LogP contribution in [-0.2, 0) is 4.74 Å². The van der Waals surface area contributed by atoms with Gasteiger partial charge < -0.3 is 14.0 Å². The molecule has 110 valence electrons. The number of ether oxygens (including phenoxy) is 2. The summed E-state index contributed by atoms with van der Waals surface area (Å²) in [6.07, 6.45) is 0.722. The molecule has 21 heavy (non-hydrogen) atoms. The fraction of sp³-hybridized carbons (Fsp3) is 0.250.